The number of hydrogen-bond donors (Lipinski definition) is 1. The van der Waals surface area contributed by atoms with Crippen molar-refractivity contribution in [3.63, 3.8) is 0 Å². The molecule has 1 aromatic heterocycles. The number of nitrogens with one attached hydrogen (secondary N) is 1. The van der Waals surface area contributed by atoms with Crippen molar-refractivity contribution >= 4 is 17.7 Å². The summed E-state index contributed by atoms with van der Waals surface area (Å²) in [6.45, 7) is 2.91. The Balaban J connectivity index is 1.06. The highest BCUT2D eigenvalue weighted by atomic mass is 16.5. The fourth-order valence-electron chi connectivity index (χ4n) is 5.28. The Morgan fingerprint density at radius 1 is 1.06 bits per heavy atom. The molecule has 0 saturated carbocycles. The van der Waals surface area contributed by atoms with Gasteiger partial charge in [-0.05, 0) is 48.7 Å². The lowest BCUT2D eigenvalue weighted by molar-refractivity contribution is -0.136. The average Bonchev–Trinajstić information content (AvgIpc) is 3.60. The zero-order valence-corrected chi connectivity index (χ0v) is 19.8. The molecule has 9 nitrogen and oxygen atoms in total. The van der Waals surface area contributed by atoms with Crippen LogP contribution in [0.2, 0.25) is 0 Å². The number of amides is 3. The van der Waals surface area contributed by atoms with E-state index in [2.05, 4.69) is 21.5 Å². The van der Waals surface area contributed by atoms with Crippen LogP contribution in [-0.4, -0.2) is 62.5 Å². The smallest absolute Gasteiger partial charge is 0.255 e. The number of aromatic nitrogens is 2. The van der Waals surface area contributed by atoms with Crippen LogP contribution in [0.5, 0.6) is 5.75 Å². The molecule has 3 aliphatic heterocycles. The molecule has 2 saturated heterocycles. The number of carbonyl (C=O) groups excluding carboxylic acids is 3. The monoisotopic (exact) mass is 485 g/mol. The molecule has 2 aromatic carbocycles. The van der Waals surface area contributed by atoms with Gasteiger partial charge >= 0.3 is 0 Å². The molecule has 36 heavy (non-hydrogen) atoms. The summed E-state index contributed by atoms with van der Waals surface area (Å²) in [5.41, 5.74) is 3.64. The number of likely N-dealkylation sites (tertiary alicyclic amines) is 1. The standard InChI is InChI=1S/C27H27N5O4/c33-25-9-8-24(26(34)29-25)31-16-19-12-21(6-7-23(19)27(31)35)36-22-10-11-30(17-22)14-18-13-28-32(15-18)20-4-2-1-3-5-20/h1-7,12-13,15,22,24H,8-11,14,16-17H2,(H,29,33,34)/t22-,24-/m0/s1. The molecule has 3 aliphatic rings. The molecule has 6 rings (SSSR count). The van der Waals surface area contributed by atoms with Crippen LogP contribution >= 0.6 is 0 Å². The maximum atomic E-state index is 12.9. The van der Waals surface area contributed by atoms with Gasteiger partial charge in [-0.3, -0.25) is 24.6 Å². The molecule has 2 fully saturated rings. The van der Waals surface area contributed by atoms with Gasteiger partial charge < -0.3 is 9.64 Å². The number of rotatable bonds is 6. The fourth-order valence-corrected chi connectivity index (χ4v) is 5.28. The number of para-hydroxylation sites is 1. The van der Waals surface area contributed by atoms with Gasteiger partial charge in [-0.1, -0.05) is 18.2 Å². The van der Waals surface area contributed by atoms with E-state index in [0.717, 1.165) is 48.6 Å². The first-order valence-electron chi connectivity index (χ1n) is 12.3. The largest absolute Gasteiger partial charge is 0.489 e. The first-order chi connectivity index (χ1) is 17.5. The summed E-state index contributed by atoms with van der Waals surface area (Å²) in [5, 5.41) is 6.83. The van der Waals surface area contributed by atoms with Crippen molar-refractivity contribution in [1.82, 2.24) is 24.9 Å². The molecule has 0 bridgehead atoms. The Kier molecular flexibility index (Phi) is 5.77. The van der Waals surface area contributed by atoms with E-state index in [1.54, 1.807) is 11.0 Å². The molecular formula is C27H27N5O4. The second-order valence-corrected chi connectivity index (χ2v) is 9.61. The van der Waals surface area contributed by atoms with E-state index >= 15 is 0 Å². The third kappa shape index (κ3) is 4.37. The van der Waals surface area contributed by atoms with Gasteiger partial charge in [-0.2, -0.15) is 5.10 Å². The Labute approximate surface area is 208 Å². The minimum atomic E-state index is -0.610. The van der Waals surface area contributed by atoms with E-state index in [4.69, 9.17) is 4.74 Å². The SMILES string of the molecule is O=C1CC[C@H](N2Cc3cc(O[C@H]4CCN(Cc5cnn(-c6ccccc6)c5)C4)ccc3C2=O)C(=O)N1. The highest BCUT2D eigenvalue weighted by molar-refractivity contribution is 6.05. The predicted molar refractivity (Wildman–Crippen MR) is 130 cm³/mol. The van der Waals surface area contributed by atoms with Crippen LogP contribution in [0.25, 0.3) is 5.69 Å². The summed E-state index contributed by atoms with van der Waals surface area (Å²) >= 11 is 0. The molecular weight excluding hydrogens is 458 g/mol. The third-order valence-corrected chi connectivity index (χ3v) is 7.09. The van der Waals surface area contributed by atoms with Gasteiger partial charge in [0.2, 0.25) is 11.8 Å². The number of piperidine rings is 1. The minimum Gasteiger partial charge on any atom is -0.489 e. The van der Waals surface area contributed by atoms with Crippen molar-refractivity contribution in [3.05, 3.63) is 77.6 Å². The van der Waals surface area contributed by atoms with Crippen LogP contribution in [0.4, 0.5) is 0 Å². The van der Waals surface area contributed by atoms with Crippen molar-refractivity contribution in [2.45, 2.75) is 44.5 Å². The molecule has 2 atom stereocenters. The van der Waals surface area contributed by atoms with E-state index in [1.165, 1.54) is 0 Å². The maximum absolute atomic E-state index is 12.9. The lowest BCUT2D eigenvalue weighted by atomic mass is 10.0. The van der Waals surface area contributed by atoms with Crippen LogP contribution in [-0.2, 0) is 22.7 Å². The zero-order chi connectivity index (χ0) is 24.6. The maximum Gasteiger partial charge on any atom is 0.255 e. The van der Waals surface area contributed by atoms with Crippen molar-refractivity contribution in [1.29, 1.82) is 0 Å². The fraction of sp³-hybridized carbons (Fsp3) is 0.333. The average molecular weight is 486 g/mol. The molecule has 4 heterocycles. The second kappa shape index (κ2) is 9.23. The minimum absolute atomic E-state index is 0.0653. The molecule has 1 N–H and O–H groups in total. The van der Waals surface area contributed by atoms with E-state index in [0.29, 0.717) is 18.5 Å². The first kappa shape index (κ1) is 22.5. The second-order valence-electron chi connectivity index (χ2n) is 9.61. The van der Waals surface area contributed by atoms with Crippen molar-refractivity contribution < 1.29 is 19.1 Å². The Morgan fingerprint density at radius 2 is 1.92 bits per heavy atom. The zero-order valence-electron chi connectivity index (χ0n) is 19.8. The summed E-state index contributed by atoms with van der Waals surface area (Å²) in [4.78, 5) is 40.5. The Bertz CT molecular complexity index is 1320. The van der Waals surface area contributed by atoms with Gasteiger partial charge in [0.1, 0.15) is 17.9 Å². The molecule has 3 amide bonds. The van der Waals surface area contributed by atoms with Gasteiger partial charge in [0.15, 0.2) is 0 Å². The number of benzene rings is 2. The number of nitrogens with zero attached hydrogens (tertiary/aromatic N) is 4. The molecule has 3 aromatic rings. The van der Waals surface area contributed by atoms with Crippen molar-refractivity contribution in [2.24, 2.45) is 0 Å². The van der Waals surface area contributed by atoms with E-state index < -0.39 is 11.9 Å². The summed E-state index contributed by atoms with van der Waals surface area (Å²) in [6, 6.07) is 15.0. The number of imide groups is 1. The highest BCUT2D eigenvalue weighted by Crippen LogP contribution is 2.31. The normalized spacial score (nSPS) is 22.1. The predicted octanol–water partition coefficient (Wildman–Crippen LogP) is 2.29. The number of hydrogen-bond acceptors (Lipinski definition) is 6. The van der Waals surface area contributed by atoms with Crippen molar-refractivity contribution in [3.8, 4) is 11.4 Å². The Morgan fingerprint density at radius 3 is 2.75 bits per heavy atom. The van der Waals surface area contributed by atoms with Crippen molar-refractivity contribution in [2.75, 3.05) is 13.1 Å². The summed E-state index contributed by atoms with van der Waals surface area (Å²) in [6.07, 6.45) is 5.56. The van der Waals surface area contributed by atoms with Gasteiger partial charge in [0.05, 0.1) is 11.9 Å². The number of fused-ring (bicyclic) bond motifs is 1. The molecule has 0 unspecified atom stereocenters. The van der Waals surface area contributed by atoms with Gasteiger partial charge in [0.25, 0.3) is 5.91 Å². The van der Waals surface area contributed by atoms with Gasteiger partial charge in [0, 0.05) is 49.9 Å². The number of ether oxygens (including phenoxy) is 1. The van der Waals surface area contributed by atoms with Crippen LogP contribution in [0.3, 0.4) is 0 Å². The summed E-state index contributed by atoms with van der Waals surface area (Å²) in [5.74, 6) is -0.125. The highest BCUT2D eigenvalue weighted by Gasteiger charge is 2.39. The third-order valence-electron chi connectivity index (χ3n) is 7.09. The quantitative estimate of drug-likeness (QED) is 0.538. The first-order valence-corrected chi connectivity index (χ1v) is 12.3. The summed E-state index contributed by atoms with van der Waals surface area (Å²) in [7, 11) is 0. The van der Waals surface area contributed by atoms with E-state index in [9.17, 15) is 14.4 Å². The molecule has 9 heteroatoms. The number of carbonyl (C=O) groups is 3. The lowest BCUT2D eigenvalue weighted by Gasteiger charge is -2.29. The van der Waals surface area contributed by atoms with Crippen LogP contribution in [0.15, 0.2) is 60.9 Å². The Hall–Kier alpha value is -3.98. The summed E-state index contributed by atoms with van der Waals surface area (Å²) < 4.78 is 8.17. The van der Waals surface area contributed by atoms with Crippen LogP contribution in [0, 0.1) is 0 Å². The molecule has 184 valence electrons. The molecule has 0 radical (unpaired) electrons. The van der Waals surface area contributed by atoms with E-state index in [1.807, 2.05) is 53.3 Å². The lowest BCUT2D eigenvalue weighted by Crippen LogP contribution is -2.52. The van der Waals surface area contributed by atoms with Crippen LogP contribution < -0.4 is 10.1 Å². The molecule has 0 aliphatic carbocycles. The molecule has 0 spiro atoms. The van der Waals surface area contributed by atoms with Gasteiger partial charge in [-0.25, -0.2) is 4.68 Å². The topological polar surface area (TPSA) is 96.8 Å². The van der Waals surface area contributed by atoms with E-state index in [-0.39, 0.29) is 24.3 Å². The van der Waals surface area contributed by atoms with Gasteiger partial charge in [-0.15, -0.1) is 0 Å². The van der Waals surface area contributed by atoms with Crippen LogP contribution in [0.1, 0.15) is 40.7 Å².